The third kappa shape index (κ3) is 5.97. The molecule has 0 aliphatic rings. The van der Waals surface area contributed by atoms with Crippen LogP contribution in [0, 0.1) is 17.7 Å². The Morgan fingerprint density at radius 1 is 0.955 bits per heavy atom. The zero-order valence-electron chi connectivity index (χ0n) is 15.1. The molecule has 22 heavy (non-hydrogen) atoms. The van der Waals surface area contributed by atoms with Crippen LogP contribution in [0.4, 0.5) is 0 Å². The van der Waals surface area contributed by atoms with E-state index >= 15 is 0 Å². The minimum atomic E-state index is 0.585. The molecular weight excluding hydrogens is 268 g/mol. The summed E-state index contributed by atoms with van der Waals surface area (Å²) in [4.78, 5) is 0. The molecule has 2 N–H and O–H groups in total. The molecule has 122 valence electrons. The Morgan fingerprint density at radius 3 is 1.91 bits per heavy atom. The van der Waals surface area contributed by atoms with Crippen molar-refractivity contribution in [2.45, 2.75) is 67.2 Å². The molecule has 1 rings (SSSR count). The Kier molecular flexibility index (Phi) is 10.1. The predicted octanol–water partition coefficient (Wildman–Crippen LogP) is 6.33. The van der Waals surface area contributed by atoms with Crippen molar-refractivity contribution in [3.05, 3.63) is 46.5 Å². The van der Waals surface area contributed by atoms with Crippen molar-refractivity contribution in [3.8, 4) is 0 Å². The van der Waals surface area contributed by atoms with Gasteiger partial charge in [-0.1, -0.05) is 63.9 Å². The molecule has 0 spiro atoms. The first-order valence-corrected chi connectivity index (χ1v) is 8.44. The third-order valence-electron chi connectivity index (χ3n) is 3.59. The number of unbranched alkanes of at least 4 members (excludes halogenated alkanes) is 1. The molecule has 0 bridgehead atoms. The Morgan fingerprint density at radius 2 is 1.50 bits per heavy atom. The van der Waals surface area contributed by atoms with E-state index in [4.69, 9.17) is 10.8 Å². The van der Waals surface area contributed by atoms with Gasteiger partial charge in [-0.2, -0.15) is 0 Å². The summed E-state index contributed by atoms with van der Waals surface area (Å²) in [5.41, 5.74) is 5.42. The molecule has 0 amide bonds. The molecule has 0 aliphatic heterocycles. The fraction of sp³-hybridized carbons (Fsp3) is 0.500. The maximum Gasteiger partial charge on any atom is 0.0647 e. The molecule has 0 atom stereocenters. The first-order chi connectivity index (χ1) is 10.5. The minimum Gasteiger partial charge on any atom is -0.305 e. The average molecular weight is 300 g/mol. The van der Waals surface area contributed by atoms with Gasteiger partial charge >= 0.3 is 0 Å². The van der Waals surface area contributed by atoms with E-state index in [1.807, 2.05) is 45.0 Å². The largest absolute Gasteiger partial charge is 0.305 e. The molecule has 0 unspecified atom stereocenters. The lowest BCUT2D eigenvalue weighted by molar-refractivity contribution is 0.796. The highest BCUT2D eigenvalue weighted by Gasteiger charge is 2.14. The normalized spacial score (nSPS) is 11.2. The summed E-state index contributed by atoms with van der Waals surface area (Å²) in [5.74, 6) is 0. The smallest absolute Gasteiger partial charge is 0.0647 e. The first-order valence-electron chi connectivity index (χ1n) is 8.44. The van der Waals surface area contributed by atoms with Gasteiger partial charge in [0.15, 0.2) is 0 Å². The van der Waals surface area contributed by atoms with Crippen LogP contribution in [-0.2, 0) is 0 Å². The summed E-state index contributed by atoms with van der Waals surface area (Å²) in [6.07, 6.45) is 3.89. The summed E-state index contributed by atoms with van der Waals surface area (Å²) < 4.78 is 0. The molecular formula is C20H32N2. The average Bonchev–Trinajstić information content (AvgIpc) is 2.53. The molecule has 0 fully saturated rings. The van der Waals surface area contributed by atoms with Crippen LogP contribution in [0.3, 0.4) is 0 Å². The Labute approximate surface area is 136 Å². The van der Waals surface area contributed by atoms with Gasteiger partial charge in [0.2, 0.25) is 0 Å². The zero-order valence-corrected chi connectivity index (χ0v) is 15.1. The second-order valence-electron chi connectivity index (χ2n) is 5.28. The number of allylic oxidation sites excluding steroid dienone is 2. The van der Waals surface area contributed by atoms with Crippen molar-refractivity contribution >= 4 is 11.4 Å². The topological polar surface area (TPSA) is 47.7 Å². The van der Waals surface area contributed by atoms with Crippen LogP contribution in [0.15, 0.2) is 35.4 Å². The van der Waals surface area contributed by atoms with E-state index in [1.165, 1.54) is 5.56 Å². The molecule has 0 saturated carbocycles. The molecule has 0 aliphatic carbocycles. The maximum absolute atomic E-state index is 8.51. The summed E-state index contributed by atoms with van der Waals surface area (Å²) in [6.45, 7) is 12.1. The van der Waals surface area contributed by atoms with Crippen molar-refractivity contribution in [3.63, 3.8) is 0 Å². The van der Waals surface area contributed by atoms with Crippen molar-refractivity contribution in [1.29, 1.82) is 10.8 Å². The van der Waals surface area contributed by atoms with Crippen LogP contribution in [0.25, 0.3) is 0 Å². The van der Waals surface area contributed by atoms with Crippen molar-refractivity contribution in [2.75, 3.05) is 0 Å². The van der Waals surface area contributed by atoms with E-state index in [-0.39, 0.29) is 0 Å². The second-order valence-corrected chi connectivity index (χ2v) is 5.28. The van der Waals surface area contributed by atoms with Crippen LogP contribution in [-0.4, -0.2) is 11.4 Å². The summed E-state index contributed by atoms with van der Waals surface area (Å²) in [7, 11) is 0. The van der Waals surface area contributed by atoms with E-state index in [0.29, 0.717) is 11.4 Å². The van der Waals surface area contributed by atoms with Gasteiger partial charge in [-0.25, -0.2) is 0 Å². The number of hydrogen-bond donors (Lipinski definition) is 2. The molecule has 1 aromatic carbocycles. The van der Waals surface area contributed by atoms with Gasteiger partial charge in [0.1, 0.15) is 0 Å². The molecule has 0 heterocycles. The Hall–Kier alpha value is -1.70. The third-order valence-corrected chi connectivity index (χ3v) is 3.59. The molecule has 0 radical (unpaired) electrons. The highest BCUT2D eigenvalue weighted by molar-refractivity contribution is 6.15. The van der Waals surface area contributed by atoms with Crippen LogP contribution in [0.1, 0.15) is 71.4 Å². The van der Waals surface area contributed by atoms with Crippen molar-refractivity contribution < 1.29 is 0 Å². The highest BCUT2D eigenvalue weighted by Crippen LogP contribution is 2.21. The van der Waals surface area contributed by atoms with Crippen LogP contribution < -0.4 is 0 Å². The van der Waals surface area contributed by atoms with Crippen LogP contribution >= 0.6 is 0 Å². The molecule has 2 heteroatoms. The summed E-state index contributed by atoms with van der Waals surface area (Å²) in [5, 5.41) is 16.5. The van der Waals surface area contributed by atoms with Crippen LogP contribution in [0.2, 0.25) is 0 Å². The summed E-state index contributed by atoms with van der Waals surface area (Å²) in [6, 6.07) is 8.11. The zero-order chi connectivity index (χ0) is 17.1. The fourth-order valence-corrected chi connectivity index (χ4v) is 2.38. The van der Waals surface area contributed by atoms with E-state index < -0.39 is 0 Å². The van der Waals surface area contributed by atoms with E-state index in [2.05, 4.69) is 20.8 Å². The number of nitrogens with one attached hydrogen (secondary N) is 2. The van der Waals surface area contributed by atoms with Gasteiger partial charge in [-0.15, -0.1) is 0 Å². The Balaban J connectivity index is 0.00000211. The fourth-order valence-electron chi connectivity index (χ4n) is 2.38. The lowest BCUT2D eigenvalue weighted by Gasteiger charge is -2.15. The first kappa shape index (κ1) is 20.3. The monoisotopic (exact) mass is 300 g/mol. The van der Waals surface area contributed by atoms with Crippen molar-refractivity contribution in [1.82, 2.24) is 0 Å². The quantitative estimate of drug-likeness (QED) is 0.553. The molecule has 0 saturated heterocycles. The standard InChI is InChI=1S/C18H26N2.C2H6/c1-5-7-8-17(16(6-2)14(4)19)18(20)15-11-9-13(3)10-12-15;1-2/h9-12,19-20H,5-8H2,1-4H3;1-2H3/b17-16-,19-14?,20-18?;. The van der Waals surface area contributed by atoms with Gasteiger partial charge in [0.05, 0.1) is 5.71 Å². The van der Waals surface area contributed by atoms with Gasteiger partial charge < -0.3 is 5.41 Å². The molecule has 2 nitrogen and oxygen atoms in total. The number of rotatable bonds is 7. The van der Waals surface area contributed by atoms with Gasteiger partial charge in [0, 0.05) is 5.71 Å². The lowest BCUT2D eigenvalue weighted by Crippen LogP contribution is -2.11. The Bertz CT molecular complexity index is 507. The summed E-state index contributed by atoms with van der Waals surface area (Å²) >= 11 is 0. The van der Waals surface area contributed by atoms with Crippen LogP contribution in [0.5, 0.6) is 0 Å². The van der Waals surface area contributed by atoms with Crippen molar-refractivity contribution in [2.24, 2.45) is 0 Å². The maximum atomic E-state index is 8.51. The molecule has 1 aromatic rings. The SMILES string of the molecule is CC.CCCC/C(C(=N)c1ccc(C)cc1)=C(\CC)C(C)=N. The van der Waals surface area contributed by atoms with E-state index in [9.17, 15) is 0 Å². The van der Waals surface area contributed by atoms with Gasteiger partial charge in [-0.05, 0) is 49.8 Å². The van der Waals surface area contributed by atoms with E-state index in [1.54, 1.807) is 0 Å². The molecule has 0 aromatic heterocycles. The minimum absolute atomic E-state index is 0.585. The number of hydrogen-bond acceptors (Lipinski definition) is 2. The van der Waals surface area contributed by atoms with Gasteiger partial charge in [0.25, 0.3) is 0 Å². The predicted molar refractivity (Wildman–Crippen MR) is 99.6 cm³/mol. The highest BCUT2D eigenvalue weighted by atomic mass is 14.5. The second kappa shape index (κ2) is 10.9. The number of aryl methyl sites for hydroxylation is 1. The van der Waals surface area contributed by atoms with E-state index in [0.717, 1.165) is 42.4 Å². The van der Waals surface area contributed by atoms with Gasteiger partial charge in [-0.3, -0.25) is 5.41 Å². The number of benzene rings is 1. The lowest BCUT2D eigenvalue weighted by atomic mass is 9.90.